The summed E-state index contributed by atoms with van der Waals surface area (Å²) in [4.78, 5) is 15.5. The second-order valence-electron chi connectivity index (χ2n) is 13.7. The topological polar surface area (TPSA) is 131 Å². The molecule has 5 rings (SSSR count). The zero-order valence-corrected chi connectivity index (χ0v) is 25.5. The molecule has 0 radical (unpaired) electrons. The fourth-order valence-electron chi connectivity index (χ4n) is 8.41. The molecule has 0 aromatic carbocycles. The van der Waals surface area contributed by atoms with Crippen LogP contribution in [0.25, 0.3) is 0 Å². The molecule has 0 amide bonds. The van der Waals surface area contributed by atoms with Crippen LogP contribution < -0.4 is 10.9 Å². The Labute approximate surface area is 238 Å². The van der Waals surface area contributed by atoms with Gasteiger partial charge in [-0.25, -0.2) is 0 Å². The van der Waals surface area contributed by atoms with Crippen LogP contribution in [0.2, 0.25) is 0 Å². The summed E-state index contributed by atoms with van der Waals surface area (Å²) in [6.45, 7) is 14.3. The van der Waals surface area contributed by atoms with E-state index in [1.165, 1.54) is 0 Å². The molecule has 5 fully saturated rings. The molecule has 40 heavy (non-hydrogen) atoms. The zero-order chi connectivity index (χ0) is 29.4. The fraction of sp³-hybridized carbons (Fsp3) is 0.966. The maximum absolute atomic E-state index is 13.5. The molecule has 1 spiro atoms. The normalized spacial score (nSPS) is 55.0. The minimum atomic E-state index is -1.07. The summed E-state index contributed by atoms with van der Waals surface area (Å²) in [6.07, 6.45) is -2.47. The lowest BCUT2D eigenvalue weighted by molar-refractivity contribution is -0.338. The van der Waals surface area contributed by atoms with Gasteiger partial charge in [0.15, 0.2) is 12.1 Å². The van der Waals surface area contributed by atoms with Gasteiger partial charge in [0.05, 0.1) is 35.9 Å². The molecule has 0 aromatic heterocycles. The van der Waals surface area contributed by atoms with Crippen molar-refractivity contribution in [3.8, 4) is 0 Å². The van der Waals surface area contributed by atoms with E-state index in [9.17, 15) is 15.0 Å². The number of hydrogen-bond acceptors (Lipinski definition) is 11. The Bertz CT molecular complexity index is 956. The molecule has 0 saturated carbocycles. The van der Waals surface area contributed by atoms with Crippen molar-refractivity contribution in [2.24, 2.45) is 23.7 Å². The number of carbonyl (C=O) groups excluding carboxylic acids is 1. The lowest BCUT2D eigenvalue weighted by Gasteiger charge is -2.47. The zero-order valence-electron chi connectivity index (χ0n) is 25.5. The molecule has 5 heterocycles. The van der Waals surface area contributed by atoms with Crippen LogP contribution in [0.4, 0.5) is 0 Å². The number of nitrogens with one attached hydrogen (secondary N) is 2. The van der Waals surface area contributed by atoms with Crippen molar-refractivity contribution < 1.29 is 38.7 Å². The molecular formula is C29H51N3O8. The predicted octanol–water partition coefficient (Wildman–Crippen LogP) is 1.16. The Morgan fingerprint density at radius 2 is 1.80 bits per heavy atom. The molecule has 11 heteroatoms. The van der Waals surface area contributed by atoms with Gasteiger partial charge in [-0.2, -0.15) is 0 Å². The number of ether oxygens (including phenoxy) is 5. The fourth-order valence-corrected chi connectivity index (χ4v) is 8.41. The van der Waals surface area contributed by atoms with Crippen molar-refractivity contribution in [1.29, 1.82) is 0 Å². The van der Waals surface area contributed by atoms with Crippen molar-refractivity contribution in [2.75, 3.05) is 20.6 Å². The van der Waals surface area contributed by atoms with E-state index in [1.807, 2.05) is 53.6 Å². The maximum Gasteiger partial charge on any atom is 0.311 e. The Hall–Kier alpha value is -0.890. The molecule has 15 atom stereocenters. The second kappa shape index (κ2) is 10.7. The maximum atomic E-state index is 13.5. The van der Waals surface area contributed by atoms with E-state index >= 15 is 0 Å². The predicted molar refractivity (Wildman–Crippen MR) is 146 cm³/mol. The van der Waals surface area contributed by atoms with Gasteiger partial charge in [0.1, 0.15) is 17.8 Å². The van der Waals surface area contributed by atoms with Crippen LogP contribution >= 0.6 is 0 Å². The molecule has 5 aliphatic rings. The number of hydrogen-bond donors (Lipinski definition) is 4. The smallest absolute Gasteiger partial charge is 0.311 e. The van der Waals surface area contributed by atoms with Gasteiger partial charge < -0.3 is 38.8 Å². The molecule has 0 aromatic rings. The number of fused-ring (bicyclic) bond motifs is 4. The average Bonchev–Trinajstić information content (AvgIpc) is 3.55. The Morgan fingerprint density at radius 1 is 1.10 bits per heavy atom. The van der Waals surface area contributed by atoms with E-state index in [2.05, 4.69) is 17.8 Å². The summed E-state index contributed by atoms with van der Waals surface area (Å²) in [5.74, 6) is -2.88. The summed E-state index contributed by atoms with van der Waals surface area (Å²) in [7, 11) is 3.87. The molecule has 0 aliphatic carbocycles. The lowest BCUT2D eigenvalue weighted by atomic mass is 9.76. The minimum absolute atomic E-state index is 0.0269. The van der Waals surface area contributed by atoms with Crippen LogP contribution in [-0.4, -0.2) is 108 Å². The molecule has 4 N–H and O–H groups in total. The number of rotatable bonds is 4. The third-order valence-corrected chi connectivity index (χ3v) is 10.6. The number of carbonyl (C=O) groups is 1. The number of cyclic esters (lactones) is 1. The third-order valence-electron chi connectivity index (χ3n) is 10.6. The first-order chi connectivity index (χ1) is 18.7. The standard InChI is InChI=1S/C29H51N3O8/c1-10-20-28(7)23-18(13-30-31-23)29(40-28)14(2)12-27(6,39-29)24(16(4)21(33)17(5)25(35)37-20)38-26-22(34)19(32(8)9)11-15(3)36-26/h14-24,26,30-31,33-34H,10-13H2,1-9H3/t14-,15-,16+,17-,18?,19+,20-,21+,22-,23?,24-,26+,27-,28?,29?/m1/s1. The van der Waals surface area contributed by atoms with E-state index in [0.29, 0.717) is 25.8 Å². The second-order valence-corrected chi connectivity index (χ2v) is 13.7. The molecule has 3 bridgehead atoms. The van der Waals surface area contributed by atoms with Gasteiger partial charge in [-0.15, -0.1) is 0 Å². The Kier molecular flexibility index (Phi) is 8.16. The summed E-state index contributed by atoms with van der Waals surface area (Å²) < 4.78 is 33.1. The lowest BCUT2D eigenvalue weighted by Crippen LogP contribution is -2.60. The minimum Gasteiger partial charge on any atom is -0.459 e. The van der Waals surface area contributed by atoms with Crippen molar-refractivity contribution in [1.82, 2.24) is 15.8 Å². The SMILES string of the molecule is CC[C@H]1OC(=O)[C@H](C)[C@@H](O)[C@H](C)[C@@H](O[C@@H]2O[C@H](C)C[C@H](N(C)C)[C@H]2O)[C@@]2(C)C[C@@H](C)C3(OC1(C)C1NNCC13)O2. The van der Waals surface area contributed by atoms with Gasteiger partial charge in [0.2, 0.25) is 0 Å². The van der Waals surface area contributed by atoms with Crippen molar-refractivity contribution in [3.63, 3.8) is 0 Å². The van der Waals surface area contributed by atoms with E-state index < -0.39 is 65.5 Å². The van der Waals surface area contributed by atoms with E-state index in [0.717, 1.165) is 0 Å². The van der Waals surface area contributed by atoms with Crippen LogP contribution in [0.3, 0.4) is 0 Å². The van der Waals surface area contributed by atoms with Crippen LogP contribution in [0.1, 0.15) is 67.7 Å². The van der Waals surface area contributed by atoms with Gasteiger partial charge in [-0.05, 0) is 61.1 Å². The van der Waals surface area contributed by atoms with Gasteiger partial charge in [0, 0.05) is 30.3 Å². The first-order valence-corrected chi connectivity index (χ1v) is 15.1. The van der Waals surface area contributed by atoms with Gasteiger partial charge >= 0.3 is 5.97 Å². The Balaban J connectivity index is 1.57. The molecule has 5 saturated heterocycles. The average molecular weight is 570 g/mol. The highest BCUT2D eigenvalue weighted by molar-refractivity contribution is 5.73. The van der Waals surface area contributed by atoms with Crippen LogP contribution in [0.5, 0.6) is 0 Å². The van der Waals surface area contributed by atoms with Gasteiger partial charge in [-0.1, -0.05) is 20.8 Å². The number of aliphatic hydroxyl groups is 2. The van der Waals surface area contributed by atoms with E-state index in [-0.39, 0.29) is 30.0 Å². The van der Waals surface area contributed by atoms with Crippen molar-refractivity contribution in [3.05, 3.63) is 0 Å². The van der Waals surface area contributed by atoms with Crippen LogP contribution in [0, 0.1) is 23.7 Å². The highest BCUT2D eigenvalue weighted by atomic mass is 16.8. The molecule has 4 unspecified atom stereocenters. The van der Waals surface area contributed by atoms with Crippen molar-refractivity contribution in [2.45, 2.75) is 134 Å². The largest absolute Gasteiger partial charge is 0.459 e. The first-order valence-electron chi connectivity index (χ1n) is 15.1. The van der Waals surface area contributed by atoms with E-state index in [4.69, 9.17) is 23.7 Å². The summed E-state index contributed by atoms with van der Waals surface area (Å²) in [5.41, 5.74) is 4.94. The van der Waals surface area contributed by atoms with E-state index in [1.54, 1.807) is 6.92 Å². The number of aliphatic hydroxyl groups excluding tert-OH is 2. The number of esters is 1. The monoisotopic (exact) mass is 569 g/mol. The summed E-state index contributed by atoms with van der Waals surface area (Å²) >= 11 is 0. The highest BCUT2D eigenvalue weighted by Crippen LogP contribution is 2.59. The van der Waals surface area contributed by atoms with Gasteiger partial charge in [0.25, 0.3) is 0 Å². The first kappa shape index (κ1) is 30.6. The summed E-state index contributed by atoms with van der Waals surface area (Å²) in [5, 5.41) is 22.9. The number of likely N-dealkylation sites (N-methyl/N-ethyl adjacent to an activating group) is 1. The highest BCUT2D eigenvalue weighted by Gasteiger charge is 2.73. The molecule has 230 valence electrons. The molecule has 5 aliphatic heterocycles. The van der Waals surface area contributed by atoms with Crippen LogP contribution in [-0.2, 0) is 28.5 Å². The van der Waals surface area contributed by atoms with Crippen LogP contribution in [0.15, 0.2) is 0 Å². The molecular weight excluding hydrogens is 518 g/mol. The van der Waals surface area contributed by atoms with Crippen molar-refractivity contribution >= 4 is 5.97 Å². The third kappa shape index (κ3) is 4.64. The van der Waals surface area contributed by atoms with Gasteiger partial charge in [-0.3, -0.25) is 15.6 Å². The molecule has 11 nitrogen and oxygen atoms in total. The Morgan fingerprint density at radius 3 is 2.45 bits per heavy atom. The number of hydrazine groups is 1. The summed E-state index contributed by atoms with van der Waals surface area (Å²) in [6, 6.07) is -0.309. The number of nitrogens with zero attached hydrogens (tertiary/aromatic N) is 1. The quantitative estimate of drug-likeness (QED) is 0.364.